The maximum absolute atomic E-state index is 13.6. The second-order valence-electron chi connectivity index (χ2n) is 6.45. The van der Waals surface area contributed by atoms with Crippen LogP contribution in [-0.4, -0.2) is 20.1 Å². The minimum Gasteiger partial charge on any atom is -0.350 e. The Hall–Kier alpha value is -3.55. The van der Waals surface area contributed by atoms with Gasteiger partial charge in [0, 0.05) is 17.5 Å². The van der Waals surface area contributed by atoms with Gasteiger partial charge in [0.2, 0.25) is 5.91 Å². The Bertz CT molecular complexity index is 1280. The fraction of sp³-hybridized carbons (Fsp3) is 0.150. The first kappa shape index (κ1) is 17.8. The van der Waals surface area contributed by atoms with Crippen LogP contribution in [0.25, 0.3) is 16.4 Å². The molecule has 0 radical (unpaired) electrons. The monoisotopic (exact) mass is 382 g/mol. The summed E-state index contributed by atoms with van der Waals surface area (Å²) in [5, 5.41) is 7.35. The molecule has 0 bridgehead atoms. The van der Waals surface area contributed by atoms with Crippen LogP contribution in [0.15, 0.2) is 53.3 Å². The lowest BCUT2D eigenvalue weighted by atomic mass is 10.2. The van der Waals surface area contributed by atoms with Crippen molar-refractivity contribution >= 4 is 22.3 Å². The zero-order valence-corrected chi connectivity index (χ0v) is 14.9. The minimum absolute atomic E-state index is 0.00970. The first-order chi connectivity index (χ1) is 13.4. The molecular weight excluding hydrogens is 366 g/mol. The number of aromatic nitrogens is 3. The van der Waals surface area contributed by atoms with Crippen molar-refractivity contribution in [3.63, 3.8) is 0 Å². The number of nitrogens with one attached hydrogen (secondary N) is 1. The average Bonchev–Trinajstić information content (AvgIpc) is 3.04. The smallest absolute Gasteiger partial charge is 0.291 e. The van der Waals surface area contributed by atoms with E-state index in [1.165, 1.54) is 18.2 Å². The molecular formula is C20H16F2N4O2. The number of hydrogen-bond acceptors (Lipinski definition) is 3. The number of hydrogen-bond donors (Lipinski definition) is 1. The number of carbonyl (C=O) groups excluding carboxylic acids is 1. The highest BCUT2D eigenvalue weighted by Crippen LogP contribution is 2.20. The summed E-state index contributed by atoms with van der Waals surface area (Å²) in [6.45, 7) is 1.40. The number of fused-ring (bicyclic) bond motifs is 3. The molecule has 0 aliphatic heterocycles. The summed E-state index contributed by atoms with van der Waals surface area (Å²) < 4.78 is 29.8. The van der Waals surface area contributed by atoms with Crippen LogP contribution >= 0.6 is 0 Å². The second-order valence-corrected chi connectivity index (χ2v) is 6.45. The standard InChI is InChI=1S/C20H16F2N4O2/c1-12-24-25(11-19(27)23-10-13-4-2-3-5-16(13)22)20(28)18-9-14-8-15(21)6-7-17(14)26(12)18/h2-9H,10-11H2,1H3,(H,23,27). The largest absolute Gasteiger partial charge is 0.350 e. The summed E-state index contributed by atoms with van der Waals surface area (Å²) in [7, 11) is 0. The van der Waals surface area contributed by atoms with Crippen molar-refractivity contribution in [2.24, 2.45) is 0 Å². The molecule has 0 aliphatic rings. The predicted octanol–water partition coefficient (Wildman–Crippen LogP) is 2.55. The van der Waals surface area contributed by atoms with Gasteiger partial charge in [-0.2, -0.15) is 5.10 Å². The molecule has 8 heteroatoms. The molecule has 0 fully saturated rings. The highest BCUT2D eigenvalue weighted by atomic mass is 19.1. The fourth-order valence-corrected chi connectivity index (χ4v) is 3.22. The summed E-state index contributed by atoms with van der Waals surface area (Å²) >= 11 is 0. The van der Waals surface area contributed by atoms with Crippen molar-refractivity contribution in [2.45, 2.75) is 20.0 Å². The normalized spacial score (nSPS) is 11.2. The SMILES string of the molecule is Cc1nn(CC(=O)NCc2ccccc2F)c(=O)c2cc3cc(F)ccc3n12. The van der Waals surface area contributed by atoms with E-state index in [2.05, 4.69) is 10.4 Å². The zero-order valence-electron chi connectivity index (χ0n) is 14.9. The summed E-state index contributed by atoms with van der Waals surface area (Å²) in [6.07, 6.45) is 0. The molecule has 0 unspecified atom stereocenters. The Morgan fingerprint density at radius 3 is 2.68 bits per heavy atom. The van der Waals surface area contributed by atoms with Gasteiger partial charge in [0.05, 0.1) is 5.52 Å². The molecule has 6 nitrogen and oxygen atoms in total. The molecule has 0 spiro atoms. The van der Waals surface area contributed by atoms with Crippen LogP contribution in [0.1, 0.15) is 11.4 Å². The molecule has 2 aromatic carbocycles. The number of amides is 1. The fourth-order valence-electron chi connectivity index (χ4n) is 3.22. The summed E-state index contributed by atoms with van der Waals surface area (Å²) in [4.78, 5) is 25.0. The quantitative estimate of drug-likeness (QED) is 0.590. The van der Waals surface area contributed by atoms with Crippen molar-refractivity contribution in [1.29, 1.82) is 0 Å². The number of carbonyl (C=O) groups is 1. The zero-order chi connectivity index (χ0) is 19.8. The van der Waals surface area contributed by atoms with Gasteiger partial charge in [0.15, 0.2) is 0 Å². The Morgan fingerprint density at radius 2 is 1.89 bits per heavy atom. The average molecular weight is 382 g/mol. The Morgan fingerprint density at radius 1 is 1.11 bits per heavy atom. The van der Waals surface area contributed by atoms with Crippen LogP contribution < -0.4 is 10.9 Å². The van der Waals surface area contributed by atoms with Gasteiger partial charge in [0.1, 0.15) is 29.5 Å². The van der Waals surface area contributed by atoms with Gasteiger partial charge in [-0.25, -0.2) is 13.5 Å². The number of aryl methyl sites for hydroxylation is 1. The van der Waals surface area contributed by atoms with E-state index in [0.717, 1.165) is 4.68 Å². The minimum atomic E-state index is -0.469. The van der Waals surface area contributed by atoms with Crippen LogP contribution in [0.5, 0.6) is 0 Å². The molecule has 28 heavy (non-hydrogen) atoms. The molecule has 1 amide bonds. The van der Waals surface area contributed by atoms with Crippen molar-refractivity contribution in [1.82, 2.24) is 19.5 Å². The third-order valence-corrected chi connectivity index (χ3v) is 4.53. The van der Waals surface area contributed by atoms with Crippen LogP contribution in [0.4, 0.5) is 8.78 Å². The van der Waals surface area contributed by atoms with Gasteiger partial charge in [-0.05, 0) is 37.3 Å². The van der Waals surface area contributed by atoms with Crippen molar-refractivity contribution in [3.8, 4) is 0 Å². The molecule has 0 aliphatic carbocycles. The lowest BCUT2D eigenvalue weighted by Gasteiger charge is -2.10. The molecule has 0 atom stereocenters. The summed E-state index contributed by atoms with van der Waals surface area (Å²) in [5.74, 6) is -0.800. The third-order valence-electron chi connectivity index (χ3n) is 4.53. The van der Waals surface area contributed by atoms with Crippen LogP contribution in [0.2, 0.25) is 0 Å². The van der Waals surface area contributed by atoms with Gasteiger partial charge < -0.3 is 5.32 Å². The second kappa shape index (κ2) is 6.88. The van der Waals surface area contributed by atoms with Gasteiger partial charge in [-0.15, -0.1) is 0 Å². The molecule has 1 N–H and O–H groups in total. The molecule has 142 valence electrons. The van der Waals surface area contributed by atoms with E-state index in [-0.39, 0.29) is 13.1 Å². The van der Waals surface area contributed by atoms with E-state index in [1.54, 1.807) is 41.7 Å². The predicted molar refractivity (Wildman–Crippen MR) is 99.9 cm³/mol. The van der Waals surface area contributed by atoms with Crippen molar-refractivity contribution in [3.05, 3.63) is 81.9 Å². The topological polar surface area (TPSA) is 68.4 Å². The molecule has 2 heterocycles. The summed E-state index contributed by atoms with van der Waals surface area (Å²) in [5.41, 5.74) is 0.843. The lowest BCUT2D eigenvalue weighted by molar-refractivity contribution is -0.122. The maximum atomic E-state index is 13.6. The highest BCUT2D eigenvalue weighted by Gasteiger charge is 2.14. The van der Waals surface area contributed by atoms with E-state index >= 15 is 0 Å². The van der Waals surface area contributed by atoms with Crippen LogP contribution in [-0.2, 0) is 17.9 Å². The first-order valence-electron chi connectivity index (χ1n) is 8.62. The maximum Gasteiger partial charge on any atom is 0.291 e. The van der Waals surface area contributed by atoms with Crippen LogP contribution in [0, 0.1) is 18.6 Å². The molecule has 4 aromatic rings. The molecule has 4 rings (SSSR count). The number of halogens is 2. The van der Waals surface area contributed by atoms with E-state index in [9.17, 15) is 18.4 Å². The Balaban J connectivity index is 1.63. The Labute approximate surface area is 158 Å². The third kappa shape index (κ3) is 3.13. The van der Waals surface area contributed by atoms with Gasteiger partial charge in [0.25, 0.3) is 5.56 Å². The van der Waals surface area contributed by atoms with E-state index < -0.39 is 23.1 Å². The van der Waals surface area contributed by atoms with Crippen LogP contribution in [0.3, 0.4) is 0 Å². The summed E-state index contributed by atoms with van der Waals surface area (Å²) in [6, 6.07) is 11.9. The van der Waals surface area contributed by atoms with Gasteiger partial charge in [-0.3, -0.25) is 14.0 Å². The first-order valence-corrected chi connectivity index (χ1v) is 8.62. The lowest BCUT2D eigenvalue weighted by Crippen LogP contribution is -2.34. The van der Waals surface area contributed by atoms with E-state index in [0.29, 0.717) is 27.8 Å². The highest BCUT2D eigenvalue weighted by molar-refractivity contribution is 5.87. The number of nitrogens with zero attached hydrogens (tertiary/aromatic N) is 3. The Kier molecular flexibility index (Phi) is 4.38. The molecule has 2 aromatic heterocycles. The van der Waals surface area contributed by atoms with Gasteiger partial charge >= 0.3 is 0 Å². The molecule has 0 saturated heterocycles. The molecule has 0 saturated carbocycles. The van der Waals surface area contributed by atoms with Crippen molar-refractivity contribution < 1.29 is 13.6 Å². The van der Waals surface area contributed by atoms with Gasteiger partial charge in [-0.1, -0.05) is 18.2 Å². The van der Waals surface area contributed by atoms with E-state index in [1.807, 2.05) is 0 Å². The number of rotatable bonds is 4. The number of benzene rings is 2. The van der Waals surface area contributed by atoms with E-state index in [4.69, 9.17) is 0 Å². The van der Waals surface area contributed by atoms with Crippen molar-refractivity contribution in [2.75, 3.05) is 0 Å².